The van der Waals surface area contributed by atoms with Gasteiger partial charge in [0, 0.05) is 6.21 Å². The van der Waals surface area contributed by atoms with E-state index < -0.39 is 0 Å². The summed E-state index contributed by atoms with van der Waals surface area (Å²) in [6.07, 6.45) is 6.46. The zero-order chi connectivity index (χ0) is 16.6. The molecule has 5 nitrogen and oxygen atoms in total. The molecule has 0 aliphatic heterocycles. The van der Waals surface area contributed by atoms with Crippen LogP contribution >= 0.6 is 0 Å². The molecule has 5 heteroatoms. The Morgan fingerprint density at radius 2 is 2.00 bits per heavy atom. The summed E-state index contributed by atoms with van der Waals surface area (Å²) in [5.41, 5.74) is 2.39. The van der Waals surface area contributed by atoms with Gasteiger partial charge < -0.3 is 9.15 Å². The van der Waals surface area contributed by atoms with Crippen molar-refractivity contribution in [2.24, 2.45) is 5.10 Å². The lowest BCUT2D eigenvalue weighted by atomic mass is 10.1. The fourth-order valence-corrected chi connectivity index (χ4v) is 2.11. The van der Waals surface area contributed by atoms with Crippen LogP contribution in [-0.2, 0) is 4.79 Å². The third-order valence-electron chi connectivity index (χ3n) is 3.24. The van der Waals surface area contributed by atoms with Crippen LogP contribution in [0.25, 0.3) is 16.8 Å². The molecule has 120 valence electrons. The molecule has 0 unspecified atom stereocenters. The van der Waals surface area contributed by atoms with E-state index in [1.807, 2.05) is 48.5 Å². The predicted molar refractivity (Wildman–Crippen MR) is 93.8 cm³/mol. The molecule has 3 rings (SSSR count). The lowest BCUT2D eigenvalue weighted by Crippen LogP contribution is -2.24. The lowest BCUT2D eigenvalue weighted by molar-refractivity contribution is -0.123. The van der Waals surface area contributed by atoms with Gasteiger partial charge in [-0.1, -0.05) is 30.3 Å². The number of hydrogen-bond donors (Lipinski definition) is 1. The number of rotatable bonds is 6. The van der Waals surface area contributed by atoms with Gasteiger partial charge in [0.2, 0.25) is 0 Å². The van der Waals surface area contributed by atoms with Gasteiger partial charge in [-0.3, -0.25) is 4.79 Å². The number of carbonyl (C=O) groups is 1. The van der Waals surface area contributed by atoms with Crippen LogP contribution in [0.3, 0.4) is 0 Å². The summed E-state index contributed by atoms with van der Waals surface area (Å²) in [7, 11) is 0. The molecule has 0 fully saturated rings. The Morgan fingerprint density at radius 3 is 2.83 bits per heavy atom. The van der Waals surface area contributed by atoms with Gasteiger partial charge in [0.05, 0.1) is 6.26 Å². The average molecular weight is 320 g/mol. The topological polar surface area (TPSA) is 63.8 Å². The number of fused-ring (bicyclic) bond motifs is 1. The number of allylic oxidation sites excluding steroid dienone is 1. The normalized spacial score (nSPS) is 11.3. The highest BCUT2D eigenvalue weighted by Gasteiger charge is 2.02. The van der Waals surface area contributed by atoms with Crippen molar-refractivity contribution in [1.82, 2.24) is 5.43 Å². The zero-order valence-corrected chi connectivity index (χ0v) is 12.9. The van der Waals surface area contributed by atoms with Crippen molar-refractivity contribution in [3.05, 3.63) is 72.7 Å². The molecule has 0 saturated heterocycles. The Labute approximate surface area is 139 Å². The maximum Gasteiger partial charge on any atom is 0.277 e. The number of carbonyl (C=O) groups excluding carboxylic acids is 1. The maximum atomic E-state index is 11.7. The fraction of sp³-hybridized carbons (Fsp3) is 0.0526. The van der Waals surface area contributed by atoms with Crippen molar-refractivity contribution in [3.63, 3.8) is 0 Å². The summed E-state index contributed by atoms with van der Waals surface area (Å²) in [6, 6.07) is 17.3. The molecule has 1 heterocycles. The lowest BCUT2D eigenvalue weighted by Gasteiger charge is -2.06. The molecule has 0 aliphatic rings. The molecule has 0 atom stereocenters. The van der Waals surface area contributed by atoms with Crippen molar-refractivity contribution in [2.75, 3.05) is 6.61 Å². The van der Waals surface area contributed by atoms with Gasteiger partial charge in [-0.25, -0.2) is 5.43 Å². The molecule has 0 radical (unpaired) electrons. The van der Waals surface area contributed by atoms with Gasteiger partial charge in [-0.05, 0) is 47.2 Å². The summed E-state index contributed by atoms with van der Waals surface area (Å²) in [4.78, 5) is 11.7. The summed E-state index contributed by atoms with van der Waals surface area (Å²) < 4.78 is 10.6. The van der Waals surface area contributed by atoms with Crippen molar-refractivity contribution in [2.45, 2.75) is 0 Å². The maximum absolute atomic E-state index is 11.7. The van der Waals surface area contributed by atoms with Gasteiger partial charge in [-0.2, -0.15) is 5.10 Å². The van der Waals surface area contributed by atoms with Crippen LogP contribution in [0, 0.1) is 0 Å². The van der Waals surface area contributed by atoms with Crippen LogP contribution in [0.15, 0.2) is 76.5 Å². The van der Waals surface area contributed by atoms with Crippen LogP contribution in [0.4, 0.5) is 0 Å². The van der Waals surface area contributed by atoms with Crippen molar-refractivity contribution in [1.29, 1.82) is 0 Å². The fourth-order valence-electron chi connectivity index (χ4n) is 2.11. The Morgan fingerprint density at radius 1 is 1.12 bits per heavy atom. The molecule has 0 aliphatic carbocycles. The number of nitrogens with one attached hydrogen (secondary N) is 1. The second-order valence-electron chi connectivity index (χ2n) is 4.99. The van der Waals surface area contributed by atoms with E-state index in [1.54, 1.807) is 24.5 Å². The van der Waals surface area contributed by atoms with E-state index in [9.17, 15) is 4.79 Å². The number of ether oxygens (including phenoxy) is 1. The predicted octanol–water partition coefficient (Wildman–Crippen LogP) is 3.63. The first kappa shape index (κ1) is 15.6. The highest BCUT2D eigenvalue weighted by atomic mass is 16.5. The van der Waals surface area contributed by atoms with E-state index in [-0.39, 0.29) is 12.5 Å². The Kier molecular flexibility index (Phi) is 5.04. The number of hydrazone groups is 1. The van der Waals surface area contributed by atoms with Crippen molar-refractivity contribution >= 4 is 29.0 Å². The van der Waals surface area contributed by atoms with Crippen LogP contribution in [0.2, 0.25) is 0 Å². The smallest absolute Gasteiger partial charge is 0.277 e. The number of benzene rings is 2. The van der Waals surface area contributed by atoms with Crippen LogP contribution < -0.4 is 10.2 Å². The molecule has 3 aromatic rings. The molecule has 0 saturated carbocycles. The van der Waals surface area contributed by atoms with Gasteiger partial charge in [0.25, 0.3) is 5.91 Å². The van der Waals surface area contributed by atoms with E-state index in [2.05, 4.69) is 10.5 Å². The highest BCUT2D eigenvalue weighted by molar-refractivity contribution is 5.84. The number of hydrogen-bond acceptors (Lipinski definition) is 4. The summed E-state index contributed by atoms with van der Waals surface area (Å²) in [5, 5.41) is 5.99. The number of nitrogens with zero attached hydrogens (tertiary/aromatic N) is 1. The first-order chi connectivity index (χ1) is 11.8. The molecule has 0 spiro atoms. The summed E-state index contributed by atoms with van der Waals surface area (Å²) in [6.45, 7) is -0.0996. The Bertz CT molecular complexity index is 867. The van der Waals surface area contributed by atoms with Gasteiger partial charge in [0.1, 0.15) is 11.5 Å². The largest absolute Gasteiger partial charge is 0.484 e. The molecular formula is C19H16N2O3. The number of furan rings is 1. The van der Waals surface area contributed by atoms with Crippen LogP contribution in [0.1, 0.15) is 5.76 Å². The molecule has 1 amide bonds. The Balaban J connectivity index is 1.46. The third kappa shape index (κ3) is 4.33. The quantitative estimate of drug-likeness (QED) is 0.557. The van der Waals surface area contributed by atoms with Crippen LogP contribution in [-0.4, -0.2) is 18.7 Å². The average Bonchev–Trinajstić information content (AvgIpc) is 3.13. The van der Waals surface area contributed by atoms with E-state index in [1.165, 1.54) is 6.21 Å². The zero-order valence-electron chi connectivity index (χ0n) is 12.9. The first-order valence-electron chi connectivity index (χ1n) is 7.45. The SMILES string of the molecule is O=C(COc1ccc2ccccc2c1)NN=C/C=C/c1ccco1. The minimum atomic E-state index is -0.328. The standard InChI is InChI=1S/C19H16N2O3/c22-19(21-20-11-3-7-17-8-4-12-23-17)14-24-18-10-9-15-5-1-2-6-16(15)13-18/h1-13H,14H2,(H,21,22)/b7-3+,20-11?. The van der Waals surface area contributed by atoms with E-state index in [4.69, 9.17) is 9.15 Å². The molecule has 2 aromatic carbocycles. The second kappa shape index (κ2) is 7.78. The van der Waals surface area contributed by atoms with Crippen LogP contribution in [0.5, 0.6) is 5.75 Å². The molecule has 24 heavy (non-hydrogen) atoms. The van der Waals surface area contributed by atoms with Gasteiger partial charge in [0.15, 0.2) is 6.61 Å². The van der Waals surface area contributed by atoms with E-state index in [0.29, 0.717) is 11.5 Å². The van der Waals surface area contributed by atoms with E-state index in [0.717, 1.165) is 10.8 Å². The summed E-state index contributed by atoms with van der Waals surface area (Å²) in [5.74, 6) is 1.03. The second-order valence-corrected chi connectivity index (χ2v) is 4.99. The third-order valence-corrected chi connectivity index (χ3v) is 3.24. The Hall–Kier alpha value is -3.34. The molecule has 0 bridgehead atoms. The molecular weight excluding hydrogens is 304 g/mol. The highest BCUT2D eigenvalue weighted by Crippen LogP contribution is 2.20. The van der Waals surface area contributed by atoms with Gasteiger partial charge >= 0.3 is 0 Å². The first-order valence-corrected chi connectivity index (χ1v) is 7.45. The van der Waals surface area contributed by atoms with Crippen molar-refractivity contribution < 1.29 is 13.9 Å². The summed E-state index contributed by atoms with van der Waals surface area (Å²) >= 11 is 0. The minimum Gasteiger partial charge on any atom is -0.484 e. The van der Waals surface area contributed by atoms with Crippen molar-refractivity contribution in [3.8, 4) is 5.75 Å². The molecule has 1 N–H and O–H groups in total. The molecule has 1 aromatic heterocycles. The number of amides is 1. The van der Waals surface area contributed by atoms with Gasteiger partial charge in [-0.15, -0.1) is 0 Å². The monoisotopic (exact) mass is 320 g/mol. The minimum absolute atomic E-state index is 0.0996. The van der Waals surface area contributed by atoms with E-state index >= 15 is 0 Å².